The fraction of sp³-hybridized carbons (Fsp3) is 0.800. The molecular weight excluding hydrogens is 256 g/mol. The number of halogens is 1. The quantitative estimate of drug-likeness (QED) is 0.867. The predicted molar refractivity (Wildman–Crippen MR) is 64.6 cm³/mol. The van der Waals surface area contributed by atoms with Gasteiger partial charge in [-0.2, -0.15) is 0 Å². The molecule has 0 saturated carbocycles. The van der Waals surface area contributed by atoms with Gasteiger partial charge in [0.05, 0.1) is 11.7 Å². The predicted octanol–water partition coefficient (Wildman–Crippen LogP) is 2.42. The molecule has 5 heteroatoms. The van der Waals surface area contributed by atoms with Crippen molar-refractivity contribution in [1.29, 1.82) is 0 Å². The average Bonchev–Trinajstić information content (AvgIpc) is 2.54. The van der Waals surface area contributed by atoms with E-state index in [4.69, 9.17) is 0 Å². The zero-order chi connectivity index (χ0) is 11.3. The van der Waals surface area contributed by atoms with Crippen LogP contribution in [0.5, 0.6) is 0 Å². The van der Waals surface area contributed by atoms with Crippen molar-refractivity contribution in [2.75, 3.05) is 6.54 Å². The molecule has 1 unspecified atom stereocenters. The summed E-state index contributed by atoms with van der Waals surface area (Å²) in [4.78, 5) is 0. The van der Waals surface area contributed by atoms with Crippen molar-refractivity contribution >= 4 is 15.9 Å². The maximum atomic E-state index is 4.02. The molecule has 1 heterocycles. The summed E-state index contributed by atoms with van der Waals surface area (Å²) in [5.74, 6) is 0. The van der Waals surface area contributed by atoms with Crippen LogP contribution in [0, 0.1) is 0 Å². The third-order valence-corrected chi connectivity index (χ3v) is 2.94. The second-order valence-electron chi connectivity index (χ2n) is 3.68. The van der Waals surface area contributed by atoms with Gasteiger partial charge in [-0.3, -0.25) is 0 Å². The summed E-state index contributed by atoms with van der Waals surface area (Å²) in [5.41, 5.74) is 1.14. The van der Waals surface area contributed by atoms with Crippen LogP contribution in [0.25, 0.3) is 0 Å². The first-order valence-electron chi connectivity index (χ1n) is 5.49. The highest BCUT2D eigenvalue weighted by Gasteiger charge is 2.18. The van der Waals surface area contributed by atoms with Gasteiger partial charge in [-0.15, -0.1) is 5.10 Å². The maximum Gasteiger partial charge on any atom is 0.153 e. The monoisotopic (exact) mass is 274 g/mol. The summed E-state index contributed by atoms with van der Waals surface area (Å²) < 4.78 is 2.69. The molecule has 0 saturated heterocycles. The number of nitrogens with one attached hydrogen (secondary N) is 1. The average molecular weight is 275 g/mol. The van der Waals surface area contributed by atoms with Crippen molar-refractivity contribution in [3.05, 3.63) is 10.3 Å². The van der Waals surface area contributed by atoms with Crippen LogP contribution >= 0.6 is 15.9 Å². The second-order valence-corrected chi connectivity index (χ2v) is 4.44. The number of hydrogen-bond acceptors (Lipinski definition) is 3. The molecule has 0 radical (unpaired) electrons. The van der Waals surface area contributed by atoms with E-state index >= 15 is 0 Å². The Morgan fingerprint density at radius 2 is 2.13 bits per heavy atom. The minimum absolute atomic E-state index is 0.351. The molecule has 0 aliphatic heterocycles. The van der Waals surface area contributed by atoms with Gasteiger partial charge in [0.25, 0.3) is 0 Å². The van der Waals surface area contributed by atoms with Gasteiger partial charge in [0.1, 0.15) is 0 Å². The summed E-state index contributed by atoms with van der Waals surface area (Å²) in [6.45, 7) is 5.40. The Bertz CT molecular complexity index is 278. The third-order valence-electron chi connectivity index (χ3n) is 2.37. The van der Waals surface area contributed by atoms with Gasteiger partial charge in [0.2, 0.25) is 0 Å². The Labute approximate surface area is 99.6 Å². The number of aromatic nitrogens is 3. The highest BCUT2D eigenvalue weighted by Crippen LogP contribution is 2.23. The Hall–Kier alpha value is -0.420. The topological polar surface area (TPSA) is 42.7 Å². The van der Waals surface area contributed by atoms with Gasteiger partial charge >= 0.3 is 0 Å². The Kier molecular flexibility index (Phi) is 5.25. The summed E-state index contributed by atoms with van der Waals surface area (Å²) in [5, 5.41) is 11.5. The minimum Gasteiger partial charge on any atom is -0.309 e. The van der Waals surface area contributed by atoms with Crippen molar-refractivity contribution in [2.45, 2.75) is 39.2 Å². The van der Waals surface area contributed by atoms with Crippen LogP contribution < -0.4 is 5.32 Å². The molecule has 1 N–H and O–H groups in total. The van der Waals surface area contributed by atoms with E-state index in [9.17, 15) is 0 Å². The van der Waals surface area contributed by atoms with E-state index < -0.39 is 0 Å². The SMILES string of the molecule is CCCNC(CCC)c1c(Br)nnn1C. The largest absolute Gasteiger partial charge is 0.309 e. The fourth-order valence-electron chi connectivity index (χ4n) is 1.65. The molecule has 0 spiro atoms. The van der Waals surface area contributed by atoms with Crippen LogP contribution in [0.1, 0.15) is 44.8 Å². The van der Waals surface area contributed by atoms with Gasteiger partial charge in [-0.05, 0) is 35.3 Å². The molecule has 1 rings (SSSR count). The van der Waals surface area contributed by atoms with Crippen LogP contribution in [0.3, 0.4) is 0 Å². The minimum atomic E-state index is 0.351. The molecule has 0 bridgehead atoms. The summed E-state index contributed by atoms with van der Waals surface area (Å²) in [6.07, 6.45) is 3.40. The van der Waals surface area contributed by atoms with Crippen LogP contribution in [0.2, 0.25) is 0 Å². The molecule has 15 heavy (non-hydrogen) atoms. The van der Waals surface area contributed by atoms with Crippen molar-refractivity contribution in [3.63, 3.8) is 0 Å². The second kappa shape index (κ2) is 6.23. The molecule has 1 atom stereocenters. The van der Waals surface area contributed by atoms with E-state index in [0.717, 1.165) is 36.1 Å². The smallest absolute Gasteiger partial charge is 0.153 e. The lowest BCUT2D eigenvalue weighted by molar-refractivity contribution is 0.462. The fourth-order valence-corrected chi connectivity index (χ4v) is 2.26. The van der Waals surface area contributed by atoms with Gasteiger partial charge in [-0.1, -0.05) is 25.5 Å². The molecule has 4 nitrogen and oxygen atoms in total. The van der Waals surface area contributed by atoms with Gasteiger partial charge in [0, 0.05) is 7.05 Å². The van der Waals surface area contributed by atoms with E-state index in [-0.39, 0.29) is 0 Å². The van der Waals surface area contributed by atoms with E-state index in [1.54, 1.807) is 0 Å². The number of rotatable bonds is 6. The lowest BCUT2D eigenvalue weighted by Gasteiger charge is -2.17. The zero-order valence-electron chi connectivity index (χ0n) is 9.63. The molecule has 1 aromatic heterocycles. The Balaban J connectivity index is 2.78. The van der Waals surface area contributed by atoms with Crippen molar-refractivity contribution in [3.8, 4) is 0 Å². The van der Waals surface area contributed by atoms with Crippen LogP contribution in [0.15, 0.2) is 4.60 Å². The Morgan fingerprint density at radius 1 is 1.40 bits per heavy atom. The third kappa shape index (κ3) is 3.28. The van der Waals surface area contributed by atoms with Gasteiger partial charge in [-0.25, -0.2) is 4.68 Å². The van der Waals surface area contributed by atoms with Crippen LogP contribution in [0.4, 0.5) is 0 Å². The normalized spacial score (nSPS) is 13.1. The molecule has 0 aromatic carbocycles. The van der Waals surface area contributed by atoms with Gasteiger partial charge in [0.15, 0.2) is 4.60 Å². The molecule has 0 amide bonds. The van der Waals surface area contributed by atoms with E-state index in [2.05, 4.69) is 45.4 Å². The number of aryl methyl sites for hydroxylation is 1. The Morgan fingerprint density at radius 3 is 2.60 bits per heavy atom. The maximum absolute atomic E-state index is 4.02. The first kappa shape index (κ1) is 12.6. The lowest BCUT2D eigenvalue weighted by atomic mass is 10.1. The summed E-state index contributed by atoms with van der Waals surface area (Å²) in [7, 11) is 1.93. The zero-order valence-corrected chi connectivity index (χ0v) is 11.2. The molecular formula is C10H19BrN4. The van der Waals surface area contributed by atoms with Crippen LogP contribution in [-0.4, -0.2) is 21.5 Å². The highest BCUT2D eigenvalue weighted by atomic mass is 79.9. The first-order chi connectivity index (χ1) is 7.20. The molecule has 1 aromatic rings. The molecule has 0 aliphatic rings. The molecule has 86 valence electrons. The van der Waals surface area contributed by atoms with E-state index in [1.807, 2.05) is 11.7 Å². The summed E-state index contributed by atoms with van der Waals surface area (Å²) in [6, 6.07) is 0.351. The van der Waals surface area contributed by atoms with Crippen LogP contribution in [-0.2, 0) is 7.05 Å². The molecule has 0 fully saturated rings. The van der Waals surface area contributed by atoms with E-state index in [1.165, 1.54) is 0 Å². The molecule has 0 aliphatic carbocycles. The first-order valence-corrected chi connectivity index (χ1v) is 6.28. The van der Waals surface area contributed by atoms with Crippen molar-refractivity contribution < 1.29 is 0 Å². The highest BCUT2D eigenvalue weighted by molar-refractivity contribution is 9.10. The standard InChI is InChI=1S/C10H19BrN4/c1-4-6-8(12-7-5-2)9-10(11)13-14-15(9)3/h8,12H,4-7H2,1-3H3. The summed E-state index contributed by atoms with van der Waals surface area (Å²) >= 11 is 3.45. The van der Waals surface area contributed by atoms with Crippen molar-refractivity contribution in [2.24, 2.45) is 7.05 Å². The lowest BCUT2D eigenvalue weighted by Crippen LogP contribution is -2.24. The number of nitrogens with zero attached hydrogens (tertiary/aromatic N) is 3. The van der Waals surface area contributed by atoms with Crippen molar-refractivity contribution in [1.82, 2.24) is 20.3 Å². The number of hydrogen-bond donors (Lipinski definition) is 1. The van der Waals surface area contributed by atoms with E-state index in [0.29, 0.717) is 6.04 Å². The van der Waals surface area contributed by atoms with Gasteiger partial charge < -0.3 is 5.32 Å².